The number of nitrogens with one attached hydrogen (secondary N) is 2. The van der Waals surface area contributed by atoms with Crippen LogP contribution < -0.4 is 10.9 Å². The Morgan fingerprint density at radius 3 is 2.50 bits per heavy atom. The summed E-state index contributed by atoms with van der Waals surface area (Å²) in [5.74, 6) is 0. The highest BCUT2D eigenvalue weighted by molar-refractivity contribution is 7.13. The summed E-state index contributed by atoms with van der Waals surface area (Å²) in [5, 5.41) is 7.68. The van der Waals surface area contributed by atoms with Crippen LogP contribution in [0.25, 0.3) is 16.1 Å². The summed E-state index contributed by atoms with van der Waals surface area (Å²) in [4.78, 5) is 18.0. The minimum atomic E-state index is -4.38. The monoisotopic (exact) mass is 550 g/mol. The lowest BCUT2D eigenvalue weighted by Gasteiger charge is -2.10. The molecule has 3 aromatic heterocycles. The summed E-state index contributed by atoms with van der Waals surface area (Å²) in [6.45, 7) is 0.413. The van der Waals surface area contributed by atoms with E-state index in [1.807, 2.05) is 17.5 Å². The van der Waals surface area contributed by atoms with Gasteiger partial charge in [-0.15, -0.1) is 11.3 Å². The fraction of sp³-hybridized carbons (Fsp3) is 0.238. The lowest BCUT2D eigenvalue weighted by molar-refractivity contribution is -0.137. The summed E-state index contributed by atoms with van der Waals surface area (Å²) in [5.41, 5.74) is 1.01. The summed E-state index contributed by atoms with van der Waals surface area (Å²) >= 11 is 19.8. The third kappa shape index (κ3) is 5.59. The van der Waals surface area contributed by atoms with Gasteiger partial charge in [-0.05, 0) is 29.1 Å². The van der Waals surface area contributed by atoms with Crippen LogP contribution in [0.2, 0.25) is 0 Å². The van der Waals surface area contributed by atoms with Crippen LogP contribution in [0.15, 0.2) is 52.6 Å². The van der Waals surface area contributed by atoms with Crippen LogP contribution >= 0.6 is 46.1 Å². The Morgan fingerprint density at radius 2 is 1.88 bits per heavy atom. The van der Waals surface area contributed by atoms with Crippen LogP contribution in [0.4, 0.5) is 13.2 Å². The van der Waals surface area contributed by atoms with Gasteiger partial charge in [-0.3, -0.25) is 15.2 Å². The zero-order valence-corrected chi connectivity index (χ0v) is 20.2. The largest absolute Gasteiger partial charge is 0.416 e. The Kier molecular flexibility index (Phi) is 7.28. The Balaban J connectivity index is 1.45. The molecule has 2 N–H and O–H groups in total. The van der Waals surface area contributed by atoms with Gasteiger partial charge in [0.1, 0.15) is 0 Å². The Bertz CT molecular complexity index is 1330. The Morgan fingerprint density at radius 1 is 1.15 bits per heavy atom. The number of hydrogen-bond donors (Lipinski definition) is 2. The van der Waals surface area contributed by atoms with E-state index in [0.717, 1.165) is 17.0 Å². The molecule has 6 nitrogen and oxygen atoms in total. The highest BCUT2D eigenvalue weighted by Gasteiger charge is 2.32. The molecule has 4 aromatic rings. The summed E-state index contributed by atoms with van der Waals surface area (Å²) < 4.78 is 42.8. The molecule has 0 saturated carbocycles. The molecular weight excluding hydrogens is 536 g/mol. The summed E-state index contributed by atoms with van der Waals surface area (Å²) in [6.07, 6.45) is -4.38. The number of hydrogen-bond acceptors (Lipinski definition) is 5. The third-order valence-corrected chi connectivity index (χ3v) is 6.23. The minimum absolute atomic E-state index is 0.0897. The zero-order chi connectivity index (χ0) is 24.5. The average molecular weight is 552 g/mol. The Hall–Kier alpha value is -2.08. The van der Waals surface area contributed by atoms with Crippen molar-refractivity contribution in [3.8, 4) is 10.4 Å². The van der Waals surface area contributed by atoms with E-state index in [1.165, 1.54) is 34.1 Å². The first-order valence-corrected chi connectivity index (χ1v) is 11.8. The van der Waals surface area contributed by atoms with Gasteiger partial charge < -0.3 is 4.74 Å². The second-order valence-electron chi connectivity index (χ2n) is 7.20. The van der Waals surface area contributed by atoms with Gasteiger partial charge in [0.05, 0.1) is 35.9 Å². The molecule has 0 radical (unpaired) electrons. The predicted octanol–water partition coefficient (Wildman–Crippen LogP) is 5.86. The van der Waals surface area contributed by atoms with Crippen molar-refractivity contribution in [2.75, 3.05) is 6.73 Å². The number of ether oxygens (including phenoxy) is 1. The SMILES string of the molecule is O=c1cc(CNCOCc2ccc(C(F)(F)F)cc2)nc2c(-c3cccs3)c(C(Cl)(Cl)Cl)[nH]n12. The van der Waals surface area contributed by atoms with Gasteiger partial charge in [-0.25, -0.2) is 9.50 Å². The van der Waals surface area contributed by atoms with E-state index in [9.17, 15) is 18.0 Å². The number of aromatic amines is 1. The van der Waals surface area contributed by atoms with E-state index >= 15 is 0 Å². The molecule has 0 aliphatic carbocycles. The molecule has 0 saturated heterocycles. The van der Waals surface area contributed by atoms with E-state index in [2.05, 4.69) is 15.4 Å². The van der Waals surface area contributed by atoms with E-state index in [1.54, 1.807) is 0 Å². The fourth-order valence-corrected chi connectivity index (χ4v) is 4.43. The Labute approximate surface area is 210 Å². The van der Waals surface area contributed by atoms with Crippen molar-refractivity contribution >= 4 is 51.8 Å². The molecule has 3 heterocycles. The molecule has 0 aliphatic rings. The summed E-state index contributed by atoms with van der Waals surface area (Å²) in [7, 11) is 0. The topological polar surface area (TPSA) is 71.4 Å². The van der Waals surface area contributed by atoms with Crippen LogP contribution in [0, 0.1) is 0 Å². The first kappa shape index (κ1) is 25.0. The molecule has 0 atom stereocenters. The van der Waals surface area contributed by atoms with Gasteiger partial charge in [0.2, 0.25) is 3.79 Å². The number of alkyl halides is 6. The van der Waals surface area contributed by atoms with E-state index in [4.69, 9.17) is 39.5 Å². The molecule has 0 unspecified atom stereocenters. The van der Waals surface area contributed by atoms with Crippen molar-refractivity contribution in [3.63, 3.8) is 0 Å². The molecule has 0 bridgehead atoms. The highest BCUT2D eigenvalue weighted by Crippen LogP contribution is 2.44. The van der Waals surface area contributed by atoms with Crippen LogP contribution in [-0.2, 0) is 27.9 Å². The quantitative estimate of drug-likeness (QED) is 0.171. The predicted molar refractivity (Wildman–Crippen MR) is 126 cm³/mol. The standard InChI is InChI=1S/C21H16Cl3F3N4O2S/c22-20(23,24)18-17(15-2-1-7-34-15)19-29-14(8-16(32)31(19)30-18)9-28-11-33-10-12-3-5-13(6-4-12)21(25,26)27/h1-8,28,30H,9-11H2. The third-order valence-electron chi connectivity index (χ3n) is 4.78. The van der Waals surface area contributed by atoms with Crippen molar-refractivity contribution in [2.45, 2.75) is 23.1 Å². The maximum absolute atomic E-state index is 12.7. The molecule has 0 fully saturated rings. The summed E-state index contributed by atoms with van der Waals surface area (Å²) in [6, 6.07) is 9.74. The zero-order valence-electron chi connectivity index (χ0n) is 17.1. The van der Waals surface area contributed by atoms with E-state index in [-0.39, 0.29) is 31.1 Å². The van der Waals surface area contributed by atoms with Gasteiger partial charge in [0, 0.05) is 17.5 Å². The second kappa shape index (κ2) is 9.88. The molecule has 0 spiro atoms. The number of thiophene rings is 1. The molecule has 34 heavy (non-hydrogen) atoms. The lowest BCUT2D eigenvalue weighted by atomic mass is 10.1. The normalized spacial score (nSPS) is 12.5. The van der Waals surface area contributed by atoms with Crippen LogP contribution in [-0.4, -0.2) is 21.3 Å². The molecule has 0 amide bonds. The van der Waals surface area contributed by atoms with Gasteiger partial charge in [0.25, 0.3) is 5.56 Å². The van der Waals surface area contributed by atoms with Gasteiger partial charge in [-0.2, -0.15) is 13.2 Å². The number of benzene rings is 1. The van der Waals surface area contributed by atoms with Gasteiger partial charge >= 0.3 is 6.18 Å². The van der Waals surface area contributed by atoms with Crippen molar-refractivity contribution in [3.05, 3.63) is 80.7 Å². The first-order chi connectivity index (χ1) is 16.0. The molecular formula is C21H16Cl3F3N4O2S. The van der Waals surface area contributed by atoms with Crippen molar-refractivity contribution < 1.29 is 17.9 Å². The number of rotatable bonds is 7. The number of halogens is 6. The lowest BCUT2D eigenvalue weighted by Crippen LogP contribution is -2.22. The smallest absolute Gasteiger partial charge is 0.362 e. The van der Waals surface area contributed by atoms with Crippen LogP contribution in [0.3, 0.4) is 0 Å². The maximum Gasteiger partial charge on any atom is 0.416 e. The highest BCUT2D eigenvalue weighted by atomic mass is 35.6. The maximum atomic E-state index is 12.7. The molecule has 13 heteroatoms. The van der Waals surface area contributed by atoms with Gasteiger partial charge in [0.15, 0.2) is 5.65 Å². The number of fused-ring (bicyclic) bond motifs is 1. The second-order valence-corrected chi connectivity index (χ2v) is 10.4. The number of H-pyrrole nitrogens is 1. The van der Waals surface area contributed by atoms with E-state index < -0.39 is 15.5 Å². The molecule has 1 aromatic carbocycles. The van der Waals surface area contributed by atoms with Crippen molar-refractivity contribution in [1.82, 2.24) is 19.9 Å². The van der Waals surface area contributed by atoms with Crippen LogP contribution in [0.5, 0.6) is 0 Å². The first-order valence-electron chi connectivity index (χ1n) is 9.74. The fourth-order valence-electron chi connectivity index (χ4n) is 3.25. The number of aromatic nitrogens is 3. The van der Waals surface area contributed by atoms with Crippen molar-refractivity contribution in [2.24, 2.45) is 0 Å². The molecule has 4 rings (SSSR count). The average Bonchev–Trinajstić information content (AvgIpc) is 3.40. The van der Waals surface area contributed by atoms with E-state index in [0.29, 0.717) is 22.5 Å². The number of nitrogens with zero attached hydrogens (tertiary/aromatic N) is 2. The molecule has 0 aliphatic heterocycles. The molecule has 180 valence electrons. The van der Waals surface area contributed by atoms with Crippen LogP contribution in [0.1, 0.15) is 22.5 Å². The van der Waals surface area contributed by atoms with Crippen molar-refractivity contribution in [1.29, 1.82) is 0 Å². The minimum Gasteiger partial charge on any atom is -0.362 e. The van der Waals surface area contributed by atoms with Gasteiger partial charge in [-0.1, -0.05) is 53.0 Å².